The Balaban J connectivity index is 1.27. The average molecular weight is 640 g/mol. The third kappa shape index (κ3) is 4.15. The van der Waals surface area contributed by atoms with Gasteiger partial charge in [0, 0.05) is 27.4 Å². The molecule has 0 bridgehead atoms. The molecule has 1 heterocycles. The van der Waals surface area contributed by atoms with E-state index in [1.807, 2.05) is 0 Å². The number of rotatable bonds is 5. The first-order valence-electron chi connectivity index (χ1n) is 17.3. The number of nitrogens with zero attached hydrogens (tertiary/aromatic N) is 1. The predicted molar refractivity (Wildman–Crippen MR) is 209 cm³/mol. The average Bonchev–Trinajstić information content (AvgIpc) is 3.70. The zero-order chi connectivity index (χ0) is 33.2. The van der Waals surface area contributed by atoms with Gasteiger partial charge in [-0.2, -0.15) is 0 Å². The number of fused-ring (bicyclic) bond motifs is 7. The summed E-state index contributed by atoms with van der Waals surface area (Å²) in [5, 5.41) is 4.61. The summed E-state index contributed by atoms with van der Waals surface area (Å²) in [5.74, 6) is 0. The van der Waals surface area contributed by atoms with Crippen LogP contribution in [0.1, 0.15) is 23.6 Å². The number of hydrogen-bond acceptors (Lipinski definition) is 2. The number of benzene rings is 8. The van der Waals surface area contributed by atoms with Crippen LogP contribution < -0.4 is 4.90 Å². The monoisotopic (exact) mass is 639 g/mol. The van der Waals surface area contributed by atoms with E-state index in [1.165, 1.54) is 49.7 Å². The quantitative estimate of drug-likeness (QED) is 0.186. The SMILES string of the molecule is CC1(c2ccc(N(c3ccc(-c4ccccc4)cc3)c3cccc4ccccc34)c3c2oc2ccccc23)c2ccccc2-c2ccccc21. The van der Waals surface area contributed by atoms with Crippen molar-refractivity contribution in [2.24, 2.45) is 0 Å². The van der Waals surface area contributed by atoms with Crippen molar-refractivity contribution in [3.8, 4) is 22.3 Å². The lowest BCUT2D eigenvalue weighted by atomic mass is 9.73. The highest BCUT2D eigenvalue weighted by atomic mass is 16.3. The standard InChI is InChI=1S/C48H33NO/c1-48(40-22-10-7-19-37(40)38-20-8-11-23-41(38)48)42-30-31-44(46-39-21-9-12-25-45(39)50-47(42)46)49(43-24-13-17-34-16-5-6-18-36(34)43)35-28-26-33(27-29-35)32-14-3-2-4-15-32/h2-31H,1H3. The highest BCUT2D eigenvalue weighted by molar-refractivity contribution is 6.16. The Labute approximate surface area is 291 Å². The van der Waals surface area contributed by atoms with E-state index in [4.69, 9.17) is 4.42 Å². The summed E-state index contributed by atoms with van der Waals surface area (Å²) >= 11 is 0. The maximum Gasteiger partial charge on any atom is 0.141 e. The second kappa shape index (κ2) is 11.1. The molecule has 0 N–H and O–H groups in total. The van der Waals surface area contributed by atoms with Crippen LogP contribution in [0.3, 0.4) is 0 Å². The number of para-hydroxylation sites is 1. The van der Waals surface area contributed by atoms with E-state index in [9.17, 15) is 0 Å². The summed E-state index contributed by atoms with van der Waals surface area (Å²) in [5.41, 5.74) is 13.4. The molecule has 0 saturated heterocycles. The third-order valence-corrected chi connectivity index (χ3v) is 10.7. The van der Waals surface area contributed by atoms with Gasteiger partial charge in [0.05, 0.1) is 16.8 Å². The van der Waals surface area contributed by atoms with E-state index in [0.717, 1.165) is 39.0 Å². The van der Waals surface area contributed by atoms with Crippen LogP contribution in [0.5, 0.6) is 0 Å². The second-order valence-electron chi connectivity index (χ2n) is 13.4. The largest absolute Gasteiger partial charge is 0.456 e. The van der Waals surface area contributed by atoms with Gasteiger partial charge in [0.1, 0.15) is 11.2 Å². The molecule has 1 aliphatic carbocycles. The van der Waals surface area contributed by atoms with E-state index < -0.39 is 5.41 Å². The van der Waals surface area contributed by atoms with Crippen molar-refractivity contribution in [2.45, 2.75) is 12.3 Å². The molecule has 0 fully saturated rings. The van der Waals surface area contributed by atoms with Gasteiger partial charge in [0.15, 0.2) is 0 Å². The fourth-order valence-corrected chi connectivity index (χ4v) is 8.38. The molecule has 10 rings (SSSR count). The predicted octanol–water partition coefficient (Wildman–Crippen LogP) is 13.2. The minimum absolute atomic E-state index is 0.403. The van der Waals surface area contributed by atoms with Gasteiger partial charge in [-0.15, -0.1) is 0 Å². The van der Waals surface area contributed by atoms with Gasteiger partial charge in [0.2, 0.25) is 0 Å². The molecule has 0 unspecified atom stereocenters. The first-order valence-corrected chi connectivity index (χ1v) is 17.3. The van der Waals surface area contributed by atoms with Crippen LogP contribution in [0.2, 0.25) is 0 Å². The molecule has 0 amide bonds. The summed E-state index contributed by atoms with van der Waals surface area (Å²) in [7, 11) is 0. The molecule has 0 spiro atoms. The first-order chi connectivity index (χ1) is 24.7. The fourth-order valence-electron chi connectivity index (χ4n) is 8.38. The molecule has 0 aliphatic heterocycles. The Kier molecular flexibility index (Phi) is 6.34. The van der Waals surface area contributed by atoms with Crippen molar-refractivity contribution in [3.05, 3.63) is 199 Å². The molecular weight excluding hydrogens is 607 g/mol. The second-order valence-corrected chi connectivity index (χ2v) is 13.4. The van der Waals surface area contributed by atoms with Gasteiger partial charge >= 0.3 is 0 Å². The number of hydrogen-bond donors (Lipinski definition) is 0. The fraction of sp³-hybridized carbons (Fsp3) is 0.0417. The topological polar surface area (TPSA) is 16.4 Å². The van der Waals surface area contributed by atoms with Gasteiger partial charge in [-0.05, 0) is 76.0 Å². The lowest BCUT2D eigenvalue weighted by Gasteiger charge is -2.31. The highest BCUT2D eigenvalue weighted by Crippen LogP contribution is 2.55. The lowest BCUT2D eigenvalue weighted by molar-refractivity contribution is 0.638. The van der Waals surface area contributed by atoms with E-state index in [2.05, 4.69) is 194 Å². The lowest BCUT2D eigenvalue weighted by Crippen LogP contribution is -2.23. The van der Waals surface area contributed by atoms with Crippen LogP contribution >= 0.6 is 0 Å². The Bertz CT molecular complexity index is 2670. The molecule has 2 nitrogen and oxygen atoms in total. The smallest absolute Gasteiger partial charge is 0.141 e. The van der Waals surface area contributed by atoms with E-state index in [0.29, 0.717) is 0 Å². The van der Waals surface area contributed by atoms with Gasteiger partial charge < -0.3 is 9.32 Å². The summed E-state index contributed by atoms with van der Waals surface area (Å²) in [6.07, 6.45) is 0. The zero-order valence-corrected chi connectivity index (χ0v) is 27.7. The van der Waals surface area contributed by atoms with E-state index in [1.54, 1.807) is 0 Å². The van der Waals surface area contributed by atoms with Crippen LogP contribution in [-0.4, -0.2) is 0 Å². The first kappa shape index (κ1) is 28.6. The van der Waals surface area contributed by atoms with Gasteiger partial charge in [0.25, 0.3) is 0 Å². The van der Waals surface area contributed by atoms with E-state index >= 15 is 0 Å². The van der Waals surface area contributed by atoms with Crippen LogP contribution in [0, 0.1) is 0 Å². The number of anilines is 3. The van der Waals surface area contributed by atoms with Crippen molar-refractivity contribution in [3.63, 3.8) is 0 Å². The maximum absolute atomic E-state index is 6.99. The Morgan fingerprint density at radius 2 is 1.04 bits per heavy atom. The number of furan rings is 1. The highest BCUT2D eigenvalue weighted by Gasteiger charge is 2.42. The van der Waals surface area contributed by atoms with E-state index in [-0.39, 0.29) is 0 Å². The van der Waals surface area contributed by atoms with Crippen LogP contribution in [0.15, 0.2) is 186 Å². The summed E-state index contributed by atoms with van der Waals surface area (Å²) in [6, 6.07) is 65.6. The molecule has 0 atom stereocenters. The molecule has 1 aromatic heterocycles. The molecule has 9 aromatic rings. The van der Waals surface area contributed by atoms with Crippen molar-refractivity contribution in [1.82, 2.24) is 0 Å². The summed E-state index contributed by atoms with van der Waals surface area (Å²) in [4.78, 5) is 2.42. The molecule has 0 saturated carbocycles. The Morgan fingerprint density at radius 1 is 0.440 bits per heavy atom. The molecule has 1 aliphatic rings. The van der Waals surface area contributed by atoms with Crippen LogP contribution in [0.4, 0.5) is 17.1 Å². The van der Waals surface area contributed by atoms with Crippen molar-refractivity contribution in [1.29, 1.82) is 0 Å². The Hall–Kier alpha value is -6.38. The molecule has 2 heteroatoms. The summed E-state index contributed by atoms with van der Waals surface area (Å²) in [6.45, 7) is 2.37. The third-order valence-electron chi connectivity index (χ3n) is 10.7. The van der Waals surface area contributed by atoms with Crippen molar-refractivity contribution >= 4 is 49.8 Å². The van der Waals surface area contributed by atoms with Crippen LogP contribution in [0.25, 0.3) is 55.0 Å². The van der Waals surface area contributed by atoms with Gasteiger partial charge in [-0.25, -0.2) is 0 Å². The zero-order valence-electron chi connectivity index (χ0n) is 27.7. The van der Waals surface area contributed by atoms with Crippen molar-refractivity contribution < 1.29 is 4.42 Å². The minimum atomic E-state index is -0.403. The normalized spacial score (nSPS) is 13.1. The molecule has 0 radical (unpaired) electrons. The van der Waals surface area contributed by atoms with Gasteiger partial charge in [-0.1, -0.05) is 152 Å². The molecule has 50 heavy (non-hydrogen) atoms. The molecular formula is C48H33NO. The summed E-state index contributed by atoms with van der Waals surface area (Å²) < 4.78 is 6.99. The molecule has 8 aromatic carbocycles. The molecule has 236 valence electrons. The van der Waals surface area contributed by atoms with Gasteiger partial charge in [-0.3, -0.25) is 0 Å². The minimum Gasteiger partial charge on any atom is -0.456 e. The Morgan fingerprint density at radius 3 is 1.80 bits per heavy atom. The van der Waals surface area contributed by atoms with Crippen LogP contribution in [-0.2, 0) is 5.41 Å². The maximum atomic E-state index is 6.99. The van der Waals surface area contributed by atoms with Crippen molar-refractivity contribution in [2.75, 3.05) is 4.90 Å².